The molecule has 5 rings (SSSR count). The number of aromatic amines is 1. The predicted octanol–water partition coefficient (Wildman–Crippen LogP) is 1.90. The van der Waals surface area contributed by atoms with E-state index in [2.05, 4.69) is 37.0 Å². The molecule has 160 valence electrons. The molecule has 0 unspecified atom stereocenters. The molecule has 3 aromatic rings. The smallest absolute Gasteiger partial charge is 0.264 e. The number of hydrazine groups is 2. The van der Waals surface area contributed by atoms with Gasteiger partial charge in [-0.3, -0.25) is 19.4 Å². The fourth-order valence-corrected chi connectivity index (χ4v) is 4.35. The standard InChI is InChI=1S/C20H22ClN9O/c1-27-19(13-9-18(31)23-22-11-13)24-25-20(27)29-8-4-7-16(29)17-12-30(26-28(17)2)15-6-3-5-14(21)10-15/h3,5-6,9-12,16,26H,4,7-8H2,1-2H3,(H,23,31)/t16-/m1/s1. The second-order valence-electron chi connectivity index (χ2n) is 7.63. The van der Waals surface area contributed by atoms with Gasteiger partial charge in [0, 0.05) is 43.5 Å². The summed E-state index contributed by atoms with van der Waals surface area (Å²) in [6, 6.07) is 9.31. The number of nitrogens with one attached hydrogen (secondary N) is 2. The zero-order chi connectivity index (χ0) is 21.5. The summed E-state index contributed by atoms with van der Waals surface area (Å²) in [5, 5.41) is 19.7. The summed E-state index contributed by atoms with van der Waals surface area (Å²) in [6.07, 6.45) is 5.71. The molecule has 0 radical (unpaired) electrons. The molecule has 4 heterocycles. The fraction of sp³-hybridized carbons (Fsp3) is 0.300. The highest BCUT2D eigenvalue weighted by Gasteiger charge is 2.36. The van der Waals surface area contributed by atoms with Crippen LogP contribution in [-0.2, 0) is 7.05 Å². The van der Waals surface area contributed by atoms with Crippen LogP contribution in [0, 0.1) is 0 Å². The Morgan fingerprint density at radius 1 is 1.19 bits per heavy atom. The summed E-state index contributed by atoms with van der Waals surface area (Å²) in [5.74, 6) is 1.36. The van der Waals surface area contributed by atoms with Crippen molar-refractivity contribution in [3.63, 3.8) is 0 Å². The number of hydrogen-bond acceptors (Lipinski definition) is 8. The van der Waals surface area contributed by atoms with Crippen LogP contribution in [-0.4, -0.2) is 49.6 Å². The van der Waals surface area contributed by atoms with Gasteiger partial charge in [-0.1, -0.05) is 17.7 Å². The van der Waals surface area contributed by atoms with Gasteiger partial charge in [0.1, 0.15) is 0 Å². The lowest BCUT2D eigenvalue weighted by Gasteiger charge is -2.29. The van der Waals surface area contributed by atoms with Crippen molar-refractivity contribution in [3.8, 4) is 11.4 Å². The van der Waals surface area contributed by atoms with E-state index in [0.717, 1.165) is 36.7 Å². The van der Waals surface area contributed by atoms with Crippen LogP contribution < -0.4 is 21.0 Å². The van der Waals surface area contributed by atoms with E-state index in [1.165, 1.54) is 6.07 Å². The van der Waals surface area contributed by atoms with Gasteiger partial charge in [-0.25, -0.2) is 5.10 Å². The normalized spacial score (nSPS) is 18.7. The molecule has 31 heavy (non-hydrogen) atoms. The van der Waals surface area contributed by atoms with Gasteiger partial charge in [0.15, 0.2) is 5.82 Å². The first-order chi connectivity index (χ1) is 15.0. The van der Waals surface area contributed by atoms with E-state index in [9.17, 15) is 4.79 Å². The molecular weight excluding hydrogens is 418 g/mol. The Balaban J connectivity index is 1.45. The quantitative estimate of drug-likeness (QED) is 0.636. The molecule has 0 spiro atoms. The van der Waals surface area contributed by atoms with Crippen molar-refractivity contribution < 1.29 is 0 Å². The summed E-state index contributed by atoms with van der Waals surface area (Å²) in [7, 11) is 3.90. The largest absolute Gasteiger partial charge is 0.332 e. The van der Waals surface area contributed by atoms with Gasteiger partial charge in [0.05, 0.1) is 23.6 Å². The minimum atomic E-state index is -0.272. The lowest BCUT2D eigenvalue weighted by atomic mass is 10.1. The maximum Gasteiger partial charge on any atom is 0.264 e. The number of rotatable bonds is 4. The van der Waals surface area contributed by atoms with Crippen molar-refractivity contribution in [1.82, 2.24) is 35.5 Å². The van der Waals surface area contributed by atoms with Gasteiger partial charge in [0.2, 0.25) is 5.95 Å². The molecule has 10 nitrogen and oxygen atoms in total. The molecule has 2 aliphatic rings. The lowest BCUT2D eigenvalue weighted by molar-refractivity contribution is 0.313. The van der Waals surface area contributed by atoms with Gasteiger partial charge in [0.25, 0.3) is 5.56 Å². The number of aromatic nitrogens is 5. The summed E-state index contributed by atoms with van der Waals surface area (Å²) in [4.78, 5) is 13.9. The van der Waals surface area contributed by atoms with Crippen LogP contribution in [0.15, 0.2) is 53.2 Å². The van der Waals surface area contributed by atoms with Gasteiger partial charge in [-0.05, 0) is 31.0 Å². The predicted molar refractivity (Wildman–Crippen MR) is 118 cm³/mol. The molecule has 0 bridgehead atoms. The Labute approximate surface area is 183 Å². The summed E-state index contributed by atoms with van der Waals surface area (Å²) in [6.45, 7) is 0.868. The van der Waals surface area contributed by atoms with E-state index in [4.69, 9.17) is 11.6 Å². The van der Waals surface area contributed by atoms with Crippen LogP contribution in [0.5, 0.6) is 0 Å². The third-order valence-corrected chi connectivity index (χ3v) is 5.85. The van der Waals surface area contributed by atoms with Crippen LogP contribution in [0.25, 0.3) is 11.4 Å². The van der Waals surface area contributed by atoms with Crippen molar-refractivity contribution in [1.29, 1.82) is 0 Å². The topological polar surface area (TPSA) is 98.2 Å². The Bertz CT molecular complexity index is 1200. The van der Waals surface area contributed by atoms with Crippen molar-refractivity contribution in [2.45, 2.75) is 18.9 Å². The third-order valence-electron chi connectivity index (χ3n) is 5.62. The number of benzene rings is 1. The number of H-pyrrole nitrogens is 1. The van der Waals surface area contributed by atoms with Crippen LogP contribution in [0.2, 0.25) is 5.02 Å². The van der Waals surface area contributed by atoms with Gasteiger partial charge >= 0.3 is 0 Å². The summed E-state index contributed by atoms with van der Waals surface area (Å²) < 4.78 is 1.91. The van der Waals surface area contributed by atoms with Crippen molar-refractivity contribution in [3.05, 3.63) is 63.8 Å². The fourth-order valence-electron chi connectivity index (χ4n) is 4.17. The first-order valence-electron chi connectivity index (χ1n) is 9.99. The zero-order valence-corrected chi connectivity index (χ0v) is 17.9. The number of nitrogens with zero attached hydrogens (tertiary/aromatic N) is 7. The SMILES string of the molecule is CN1NN(c2cccc(Cl)c2)C=C1[C@H]1CCCN1c1nnc(-c2cn[nH]c(=O)c2)n1C. The molecule has 1 aromatic carbocycles. The maximum absolute atomic E-state index is 11.7. The zero-order valence-electron chi connectivity index (χ0n) is 17.2. The molecule has 2 aliphatic heterocycles. The number of hydrogen-bond donors (Lipinski definition) is 2. The monoisotopic (exact) mass is 439 g/mol. The van der Waals surface area contributed by atoms with Crippen LogP contribution >= 0.6 is 11.6 Å². The molecular formula is C20H22ClN9O. The van der Waals surface area contributed by atoms with E-state index >= 15 is 0 Å². The molecule has 11 heteroatoms. The molecule has 1 fully saturated rings. The van der Waals surface area contributed by atoms with Crippen LogP contribution in [0.3, 0.4) is 0 Å². The van der Waals surface area contributed by atoms with Crippen LogP contribution in [0.1, 0.15) is 12.8 Å². The highest BCUT2D eigenvalue weighted by molar-refractivity contribution is 6.30. The van der Waals surface area contributed by atoms with E-state index in [-0.39, 0.29) is 11.6 Å². The van der Waals surface area contributed by atoms with E-state index in [0.29, 0.717) is 16.4 Å². The number of halogens is 1. The minimum Gasteiger partial charge on any atom is -0.332 e. The number of likely N-dealkylation sites (N-methyl/N-ethyl adjacent to an activating group) is 1. The van der Waals surface area contributed by atoms with E-state index in [1.807, 2.05) is 52.9 Å². The lowest BCUT2D eigenvalue weighted by Crippen LogP contribution is -2.42. The van der Waals surface area contributed by atoms with Crippen molar-refractivity contribution >= 4 is 23.2 Å². The Kier molecular flexibility index (Phi) is 4.87. The first-order valence-corrected chi connectivity index (χ1v) is 10.4. The maximum atomic E-state index is 11.7. The van der Waals surface area contributed by atoms with Gasteiger partial charge in [-0.2, -0.15) is 5.10 Å². The molecule has 2 aromatic heterocycles. The second kappa shape index (κ2) is 7.71. The van der Waals surface area contributed by atoms with Crippen molar-refractivity contribution in [2.24, 2.45) is 7.05 Å². The molecule has 1 atom stereocenters. The highest BCUT2D eigenvalue weighted by atomic mass is 35.5. The molecule has 0 saturated carbocycles. The molecule has 1 saturated heterocycles. The Hall–Kier alpha value is -3.37. The molecule has 0 amide bonds. The minimum absolute atomic E-state index is 0.134. The van der Waals surface area contributed by atoms with Gasteiger partial charge < -0.3 is 4.90 Å². The Morgan fingerprint density at radius 3 is 2.87 bits per heavy atom. The average Bonchev–Trinajstić information content (AvgIpc) is 3.46. The second-order valence-corrected chi connectivity index (χ2v) is 8.07. The Morgan fingerprint density at radius 2 is 2.06 bits per heavy atom. The highest BCUT2D eigenvalue weighted by Crippen LogP contribution is 2.33. The average molecular weight is 440 g/mol. The number of anilines is 2. The summed E-state index contributed by atoms with van der Waals surface area (Å²) in [5.41, 5.74) is 5.79. The van der Waals surface area contributed by atoms with E-state index in [1.54, 1.807) is 6.20 Å². The third kappa shape index (κ3) is 3.53. The molecule has 0 aliphatic carbocycles. The summed E-state index contributed by atoms with van der Waals surface area (Å²) >= 11 is 6.17. The van der Waals surface area contributed by atoms with E-state index < -0.39 is 0 Å². The first kappa shape index (κ1) is 19.6. The van der Waals surface area contributed by atoms with Crippen molar-refractivity contribution in [2.75, 3.05) is 23.5 Å². The van der Waals surface area contributed by atoms with Crippen LogP contribution in [0.4, 0.5) is 11.6 Å². The van der Waals surface area contributed by atoms with Gasteiger partial charge in [-0.15, -0.1) is 15.7 Å². The molecule has 2 N–H and O–H groups in total.